The first-order valence-electron chi connectivity index (χ1n) is 5.67. The fraction of sp³-hybridized carbons (Fsp3) is 0. The first-order chi connectivity index (χ1) is 9.80. The lowest BCUT2D eigenvalue weighted by molar-refractivity contribution is 0.803. The average molecular weight is 261 g/mol. The third-order valence-corrected chi connectivity index (χ3v) is 2.61. The maximum Gasteiger partial charge on any atom is 0.155 e. The number of nitrogens with zero attached hydrogens (tertiary/aromatic N) is 7. The van der Waals surface area contributed by atoms with Crippen LogP contribution in [0.2, 0.25) is 0 Å². The van der Waals surface area contributed by atoms with Crippen LogP contribution in [0.3, 0.4) is 0 Å². The largest absolute Gasteiger partial charge is 0.221 e. The molecule has 0 bridgehead atoms. The fourth-order valence-electron chi connectivity index (χ4n) is 1.68. The predicted octanol–water partition coefficient (Wildman–Crippen LogP) is 1.20. The van der Waals surface area contributed by atoms with Crippen molar-refractivity contribution in [1.29, 1.82) is 10.5 Å². The van der Waals surface area contributed by atoms with Gasteiger partial charge in [-0.25, -0.2) is 14.3 Å². The van der Waals surface area contributed by atoms with Crippen molar-refractivity contribution in [1.82, 2.24) is 24.5 Å². The van der Waals surface area contributed by atoms with Crippen LogP contribution in [0, 0.1) is 22.7 Å². The van der Waals surface area contributed by atoms with E-state index in [2.05, 4.69) is 15.2 Å². The summed E-state index contributed by atoms with van der Waals surface area (Å²) in [5.41, 5.74) is 0.922. The van der Waals surface area contributed by atoms with Crippen molar-refractivity contribution >= 4 is 0 Å². The summed E-state index contributed by atoms with van der Waals surface area (Å²) in [6, 6.07) is 9.36. The van der Waals surface area contributed by atoms with Crippen molar-refractivity contribution in [3.63, 3.8) is 0 Å². The van der Waals surface area contributed by atoms with E-state index in [9.17, 15) is 0 Å². The van der Waals surface area contributed by atoms with Crippen LogP contribution in [-0.4, -0.2) is 24.5 Å². The van der Waals surface area contributed by atoms with Crippen LogP contribution in [0.15, 0.2) is 43.0 Å². The molecule has 0 atom stereocenters. The molecule has 3 aromatic heterocycles. The van der Waals surface area contributed by atoms with Crippen LogP contribution in [0.25, 0.3) is 11.6 Å². The molecular weight excluding hydrogens is 254 g/mol. The first kappa shape index (κ1) is 11.6. The van der Waals surface area contributed by atoms with Crippen LogP contribution >= 0.6 is 0 Å². The molecule has 0 radical (unpaired) electrons. The van der Waals surface area contributed by atoms with Crippen molar-refractivity contribution in [3.8, 4) is 23.8 Å². The summed E-state index contributed by atoms with van der Waals surface area (Å²) >= 11 is 0. The molecule has 0 saturated carbocycles. The van der Waals surface area contributed by atoms with Gasteiger partial charge in [0.1, 0.15) is 12.1 Å². The maximum atomic E-state index is 8.79. The molecule has 0 aromatic carbocycles. The maximum absolute atomic E-state index is 8.79. The number of nitriles is 2. The Hall–Kier alpha value is -3.45. The van der Waals surface area contributed by atoms with E-state index in [0.717, 1.165) is 0 Å². The molecular formula is C13H7N7. The molecule has 0 aliphatic heterocycles. The highest BCUT2D eigenvalue weighted by Gasteiger charge is 2.05. The summed E-state index contributed by atoms with van der Waals surface area (Å²) < 4.78 is 3.02. The molecule has 0 fully saturated rings. The minimum atomic E-state index is 0.461. The number of hydrogen-bond acceptors (Lipinski definition) is 5. The fourth-order valence-corrected chi connectivity index (χ4v) is 1.68. The van der Waals surface area contributed by atoms with Crippen molar-refractivity contribution in [2.24, 2.45) is 0 Å². The Bertz CT molecular complexity index is 776. The summed E-state index contributed by atoms with van der Waals surface area (Å²) in [5, 5.41) is 25.7. The van der Waals surface area contributed by atoms with Crippen molar-refractivity contribution < 1.29 is 0 Å². The van der Waals surface area contributed by atoms with Crippen molar-refractivity contribution in [3.05, 3.63) is 54.1 Å². The molecule has 3 heterocycles. The zero-order valence-electron chi connectivity index (χ0n) is 10.2. The van der Waals surface area contributed by atoms with Crippen LogP contribution in [0.5, 0.6) is 0 Å². The Labute approximate surface area is 113 Å². The topological polar surface area (TPSA) is 96.1 Å². The molecule has 0 amide bonds. The Morgan fingerprint density at radius 1 is 0.850 bits per heavy atom. The molecule has 7 heteroatoms. The molecule has 3 rings (SSSR count). The van der Waals surface area contributed by atoms with Gasteiger partial charge >= 0.3 is 0 Å². The standard InChI is InChI=1S/C13H7N7/c14-4-10-6-16-19(8-10)12-2-1-3-13(18-12)20-9-11(5-15)7-17-20/h1-3,6-9H. The summed E-state index contributed by atoms with van der Waals surface area (Å²) in [6.45, 7) is 0. The van der Waals surface area contributed by atoms with Crippen molar-refractivity contribution in [2.75, 3.05) is 0 Å². The van der Waals surface area contributed by atoms with E-state index < -0.39 is 0 Å². The molecule has 0 unspecified atom stereocenters. The van der Waals surface area contributed by atoms with Gasteiger partial charge in [-0.3, -0.25) is 0 Å². The second-order valence-corrected chi connectivity index (χ2v) is 3.92. The quantitative estimate of drug-likeness (QED) is 0.690. The van der Waals surface area contributed by atoms with E-state index in [-0.39, 0.29) is 0 Å². The van der Waals surface area contributed by atoms with E-state index in [4.69, 9.17) is 10.5 Å². The van der Waals surface area contributed by atoms with E-state index in [1.165, 1.54) is 21.8 Å². The van der Waals surface area contributed by atoms with Gasteiger partial charge in [-0.1, -0.05) is 6.07 Å². The average Bonchev–Trinajstić information content (AvgIpc) is 3.16. The molecule has 7 nitrogen and oxygen atoms in total. The Balaban J connectivity index is 2.01. The SMILES string of the molecule is N#Cc1cnn(-c2cccc(-n3cc(C#N)cn3)n2)c1. The molecule has 0 aliphatic rings. The van der Waals surface area contributed by atoms with E-state index in [1.54, 1.807) is 30.6 Å². The van der Waals surface area contributed by atoms with Gasteiger partial charge in [-0.2, -0.15) is 20.7 Å². The highest BCUT2D eigenvalue weighted by molar-refractivity contribution is 5.34. The lowest BCUT2D eigenvalue weighted by atomic mass is 10.4. The molecule has 3 aromatic rings. The van der Waals surface area contributed by atoms with Gasteiger partial charge in [-0.05, 0) is 12.1 Å². The van der Waals surface area contributed by atoms with E-state index in [0.29, 0.717) is 22.8 Å². The van der Waals surface area contributed by atoms with Crippen molar-refractivity contribution in [2.45, 2.75) is 0 Å². The highest BCUT2D eigenvalue weighted by atomic mass is 15.3. The zero-order chi connectivity index (χ0) is 13.9. The second-order valence-electron chi connectivity index (χ2n) is 3.92. The molecule has 0 aliphatic carbocycles. The van der Waals surface area contributed by atoms with Gasteiger partial charge in [0.15, 0.2) is 11.6 Å². The van der Waals surface area contributed by atoms with Gasteiger partial charge < -0.3 is 0 Å². The Morgan fingerprint density at radius 3 is 1.75 bits per heavy atom. The summed E-state index contributed by atoms with van der Waals surface area (Å²) in [7, 11) is 0. The summed E-state index contributed by atoms with van der Waals surface area (Å²) in [6.07, 6.45) is 6.12. The van der Waals surface area contributed by atoms with Crippen LogP contribution < -0.4 is 0 Å². The molecule has 0 saturated heterocycles. The molecule has 94 valence electrons. The van der Waals surface area contributed by atoms with Crippen LogP contribution in [0.1, 0.15) is 11.1 Å². The monoisotopic (exact) mass is 261 g/mol. The number of rotatable bonds is 2. The third-order valence-electron chi connectivity index (χ3n) is 2.61. The normalized spacial score (nSPS) is 9.90. The first-order valence-corrected chi connectivity index (χ1v) is 5.67. The highest BCUT2D eigenvalue weighted by Crippen LogP contribution is 2.10. The van der Waals surface area contributed by atoms with Gasteiger partial charge in [0.2, 0.25) is 0 Å². The number of hydrogen-bond donors (Lipinski definition) is 0. The van der Waals surface area contributed by atoms with Gasteiger partial charge in [0.05, 0.1) is 35.9 Å². The summed E-state index contributed by atoms with van der Waals surface area (Å²) in [4.78, 5) is 4.39. The van der Waals surface area contributed by atoms with Gasteiger partial charge in [-0.15, -0.1) is 0 Å². The lowest BCUT2D eigenvalue weighted by Gasteiger charge is -2.03. The number of aromatic nitrogens is 5. The number of pyridine rings is 1. The third kappa shape index (κ3) is 2.00. The van der Waals surface area contributed by atoms with E-state index in [1.807, 2.05) is 12.1 Å². The molecule has 20 heavy (non-hydrogen) atoms. The minimum Gasteiger partial charge on any atom is -0.221 e. The van der Waals surface area contributed by atoms with Gasteiger partial charge in [0.25, 0.3) is 0 Å². The Kier molecular flexibility index (Phi) is 2.72. The zero-order valence-corrected chi connectivity index (χ0v) is 10.2. The van der Waals surface area contributed by atoms with Gasteiger partial charge in [0, 0.05) is 0 Å². The summed E-state index contributed by atoms with van der Waals surface area (Å²) in [5.74, 6) is 1.14. The molecule has 0 N–H and O–H groups in total. The van der Waals surface area contributed by atoms with E-state index >= 15 is 0 Å². The smallest absolute Gasteiger partial charge is 0.155 e. The lowest BCUT2D eigenvalue weighted by Crippen LogP contribution is -2.03. The minimum absolute atomic E-state index is 0.461. The second kappa shape index (κ2) is 4.67. The Morgan fingerprint density at radius 2 is 1.35 bits per heavy atom. The van der Waals surface area contributed by atoms with Crippen LogP contribution in [-0.2, 0) is 0 Å². The van der Waals surface area contributed by atoms with Crippen LogP contribution in [0.4, 0.5) is 0 Å². The predicted molar refractivity (Wildman–Crippen MR) is 67.9 cm³/mol. The molecule has 0 spiro atoms.